The molecule has 11 rings (SSSR count). The van der Waals surface area contributed by atoms with E-state index in [0.717, 1.165) is 0 Å². The Hall–Kier alpha value is -5.24. The largest absolute Gasteiger partial charge is 0.135 e. The standard InChI is InChI=1S/C44H26S/c1-5-17-33-27(13-1)28-14-2-6-18-34(28)43(33)36-20-8-10-22-38(36)44(39-23-11-9-21-37(39)43)35-19-7-3-15-29(35)31-25-32-30-16-4-12-24-41(30)45-42(32)26-40(31)44/h1-26H. The lowest BCUT2D eigenvalue weighted by molar-refractivity contribution is 0.633. The summed E-state index contributed by atoms with van der Waals surface area (Å²) in [6.45, 7) is 0. The van der Waals surface area contributed by atoms with Crippen molar-refractivity contribution in [2.75, 3.05) is 0 Å². The minimum atomic E-state index is -0.429. The number of rotatable bonds is 0. The van der Waals surface area contributed by atoms with Crippen LogP contribution >= 0.6 is 11.3 Å². The zero-order valence-electron chi connectivity index (χ0n) is 24.4. The second-order valence-electron chi connectivity index (χ2n) is 12.7. The van der Waals surface area contributed by atoms with Crippen molar-refractivity contribution in [1.82, 2.24) is 0 Å². The summed E-state index contributed by atoms with van der Waals surface area (Å²) in [5, 5.41) is 2.70. The lowest BCUT2D eigenvalue weighted by atomic mass is 9.52. The molecule has 0 amide bonds. The highest BCUT2D eigenvalue weighted by molar-refractivity contribution is 7.25. The first-order valence-corrected chi connectivity index (χ1v) is 16.6. The number of hydrogen-bond acceptors (Lipinski definition) is 1. The molecule has 208 valence electrons. The Labute approximate surface area is 265 Å². The average molecular weight is 587 g/mol. The van der Waals surface area contributed by atoms with Gasteiger partial charge in [0.15, 0.2) is 0 Å². The zero-order chi connectivity index (χ0) is 29.3. The molecule has 0 bridgehead atoms. The first-order chi connectivity index (χ1) is 22.3. The van der Waals surface area contributed by atoms with Gasteiger partial charge in [0.1, 0.15) is 0 Å². The third-order valence-electron chi connectivity index (χ3n) is 11.0. The zero-order valence-corrected chi connectivity index (χ0v) is 25.2. The van der Waals surface area contributed by atoms with Crippen molar-refractivity contribution < 1.29 is 0 Å². The quantitative estimate of drug-likeness (QED) is 0.166. The van der Waals surface area contributed by atoms with E-state index >= 15 is 0 Å². The molecule has 0 fully saturated rings. The van der Waals surface area contributed by atoms with Gasteiger partial charge in [-0.05, 0) is 85.0 Å². The molecule has 0 atom stereocenters. The van der Waals surface area contributed by atoms with Crippen LogP contribution in [0.1, 0.15) is 44.5 Å². The topological polar surface area (TPSA) is 0 Å². The molecule has 0 radical (unpaired) electrons. The smallest absolute Gasteiger partial charge is 0.0720 e. The van der Waals surface area contributed by atoms with E-state index in [9.17, 15) is 0 Å². The summed E-state index contributed by atoms with van der Waals surface area (Å²) in [4.78, 5) is 0. The maximum absolute atomic E-state index is 2.54. The summed E-state index contributed by atoms with van der Waals surface area (Å²) >= 11 is 1.92. The van der Waals surface area contributed by atoms with Crippen LogP contribution < -0.4 is 0 Å². The molecule has 2 spiro atoms. The molecule has 0 unspecified atom stereocenters. The van der Waals surface area contributed by atoms with Gasteiger partial charge in [-0.15, -0.1) is 11.3 Å². The van der Waals surface area contributed by atoms with Crippen LogP contribution in [0.5, 0.6) is 0 Å². The Bertz CT molecular complexity index is 2470. The van der Waals surface area contributed by atoms with Crippen LogP contribution in [0.3, 0.4) is 0 Å². The van der Waals surface area contributed by atoms with Gasteiger partial charge in [-0.3, -0.25) is 0 Å². The molecule has 45 heavy (non-hydrogen) atoms. The van der Waals surface area contributed by atoms with Crippen LogP contribution in [0.15, 0.2) is 158 Å². The fourth-order valence-electron chi connectivity index (χ4n) is 9.45. The maximum atomic E-state index is 2.54. The molecule has 1 heterocycles. The molecule has 0 nitrogen and oxygen atoms in total. The first kappa shape index (κ1) is 24.1. The molecule has 8 aromatic rings. The number of thiophene rings is 1. The van der Waals surface area contributed by atoms with Gasteiger partial charge in [-0.2, -0.15) is 0 Å². The van der Waals surface area contributed by atoms with Crippen LogP contribution in [-0.4, -0.2) is 0 Å². The number of hydrogen-bond donors (Lipinski definition) is 0. The molecule has 3 aliphatic rings. The summed E-state index contributed by atoms with van der Waals surface area (Å²) in [6.07, 6.45) is 0. The van der Waals surface area contributed by atoms with Gasteiger partial charge in [-0.25, -0.2) is 0 Å². The minimum Gasteiger partial charge on any atom is -0.135 e. The van der Waals surface area contributed by atoms with Crippen LogP contribution in [0, 0.1) is 0 Å². The van der Waals surface area contributed by atoms with Gasteiger partial charge in [-0.1, -0.05) is 140 Å². The predicted molar refractivity (Wildman–Crippen MR) is 187 cm³/mol. The predicted octanol–water partition coefficient (Wildman–Crippen LogP) is 11.1. The SMILES string of the molecule is c1ccc2c(c1)-c1ccccc1C21c2ccccc2C2(c3ccccc3-c3cc4c(cc32)sc2ccccc24)c2ccccc21. The van der Waals surface area contributed by atoms with Crippen molar-refractivity contribution in [3.63, 3.8) is 0 Å². The van der Waals surface area contributed by atoms with Crippen LogP contribution in [-0.2, 0) is 10.8 Å². The monoisotopic (exact) mass is 586 g/mol. The highest BCUT2D eigenvalue weighted by Crippen LogP contribution is 2.67. The molecule has 1 heteroatoms. The van der Waals surface area contributed by atoms with Crippen molar-refractivity contribution in [2.24, 2.45) is 0 Å². The average Bonchev–Trinajstić information content (AvgIpc) is 3.72. The normalized spacial score (nSPS) is 15.5. The summed E-state index contributed by atoms with van der Waals surface area (Å²) in [6, 6.07) is 60.0. The summed E-state index contributed by atoms with van der Waals surface area (Å²) in [7, 11) is 0. The summed E-state index contributed by atoms with van der Waals surface area (Å²) < 4.78 is 2.70. The van der Waals surface area contributed by atoms with Crippen molar-refractivity contribution >= 4 is 31.5 Å². The molecule has 1 aromatic heterocycles. The van der Waals surface area contributed by atoms with E-state index in [1.807, 2.05) is 11.3 Å². The Morgan fingerprint density at radius 1 is 0.289 bits per heavy atom. The number of fused-ring (bicyclic) bond motifs is 19. The lowest BCUT2D eigenvalue weighted by Crippen LogP contribution is -2.43. The lowest BCUT2D eigenvalue weighted by Gasteiger charge is -2.48. The van der Waals surface area contributed by atoms with Crippen molar-refractivity contribution in [1.29, 1.82) is 0 Å². The van der Waals surface area contributed by atoms with Crippen LogP contribution in [0.4, 0.5) is 0 Å². The van der Waals surface area contributed by atoms with Crippen LogP contribution in [0.2, 0.25) is 0 Å². The van der Waals surface area contributed by atoms with Gasteiger partial charge in [0.05, 0.1) is 10.8 Å². The van der Waals surface area contributed by atoms with Gasteiger partial charge < -0.3 is 0 Å². The Morgan fingerprint density at radius 2 is 0.689 bits per heavy atom. The van der Waals surface area contributed by atoms with Gasteiger partial charge >= 0.3 is 0 Å². The third kappa shape index (κ3) is 2.64. The number of benzene rings is 7. The second-order valence-corrected chi connectivity index (χ2v) is 13.8. The molecule has 0 saturated heterocycles. The highest BCUT2D eigenvalue weighted by Gasteiger charge is 2.58. The third-order valence-corrected chi connectivity index (χ3v) is 12.1. The molecular formula is C44H26S. The van der Waals surface area contributed by atoms with Crippen molar-refractivity contribution in [3.8, 4) is 22.3 Å². The van der Waals surface area contributed by atoms with Gasteiger partial charge in [0, 0.05) is 20.2 Å². The van der Waals surface area contributed by atoms with Gasteiger partial charge in [0.25, 0.3) is 0 Å². The van der Waals surface area contributed by atoms with Crippen molar-refractivity contribution in [2.45, 2.75) is 10.8 Å². The minimum absolute atomic E-state index is 0.398. The van der Waals surface area contributed by atoms with E-state index in [0.29, 0.717) is 0 Å². The Kier molecular flexibility index (Phi) is 4.43. The molecular weight excluding hydrogens is 561 g/mol. The second kappa shape index (κ2) is 8.27. The van der Waals surface area contributed by atoms with Crippen LogP contribution in [0.25, 0.3) is 42.4 Å². The van der Waals surface area contributed by atoms with E-state index in [-0.39, 0.29) is 0 Å². The van der Waals surface area contributed by atoms with E-state index in [2.05, 4.69) is 158 Å². The van der Waals surface area contributed by atoms with Gasteiger partial charge in [0.2, 0.25) is 0 Å². The molecule has 0 saturated carbocycles. The first-order valence-electron chi connectivity index (χ1n) is 15.8. The molecule has 0 N–H and O–H groups in total. The Morgan fingerprint density at radius 3 is 1.22 bits per heavy atom. The Balaban J connectivity index is 1.35. The van der Waals surface area contributed by atoms with E-state index in [4.69, 9.17) is 0 Å². The summed E-state index contributed by atoms with van der Waals surface area (Å²) in [5.41, 5.74) is 15.7. The van der Waals surface area contributed by atoms with E-state index in [1.165, 1.54) is 86.9 Å². The maximum Gasteiger partial charge on any atom is 0.0720 e. The fraction of sp³-hybridized carbons (Fsp3) is 0.0455. The molecule has 0 aliphatic heterocycles. The van der Waals surface area contributed by atoms with E-state index < -0.39 is 10.8 Å². The molecule has 7 aromatic carbocycles. The van der Waals surface area contributed by atoms with E-state index in [1.54, 1.807) is 0 Å². The van der Waals surface area contributed by atoms with Crippen molar-refractivity contribution in [3.05, 3.63) is 202 Å². The fourth-order valence-corrected chi connectivity index (χ4v) is 10.6. The molecule has 3 aliphatic carbocycles. The summed E-state index contributed by atoms with van der Waals surface area (Å²) in [5.74, 6) is 0. The highest BCUT2D eigenvalue weighted by atomic mass is 32.1.